The van der Waals surface area contributed by atoms with E-state index in [-0.39, 0.29) is 0 Å². The minimum atomic E-state index is 0.343. The molecule has 0 amide bonds. The summed E-state index contributed by atoms with van der Waals surface area (Å²) in [5.74, 6) is 1.05. The Morgan fingerprint density at radius 2 is 2.33 bits per heavy atom. The van der Waals surface area contributed by atoms with E-state index in [1.165, 1.54) is 17.7 Å². The number of hydrogen-bond acceptors (Lipinski definition) is 2. The molecule has 0 radical (unpaired) electrons. The lowest BCUT2D eigenvalue weighted by atomic mass is 10.2. The van der Waals surface area contributed by atoms with Crippen LogP contribution in [-0.2, 0) is 0 Å². The van der Waals surface area contributed by atoms with Crippen molar-refractivity contribution in [3.05, 3.63) is 21.9 Å². The smallest absolute Gasteiger partial charge is 0.173 e. The van der Waals surface area contributed by atoms with Crippen LogP contribution in [0.1, 0.15) is 33.8 Å². The quantitative estimate of drug-likeness (QED) is 0.653. The van der Waals surface area contributed by atoms with Crippen LogP contribution in [-0.4, -0.2) is 5.78 Å². The van der Waals surface area contributed by atoms with Gasteiger partial charge in [-0.1, -0.05) is 0 Å². The molecule has 0 aromatic carbocycles. The van der Waals surface area contributed by atoms with Crippen molar-refractivity contribution in [2.45, 2.75) is 26.2 Å². The second kappa shape index (κ2) is 3.02. The van der Waals surface area contributed by atoms with Gasteiger partial charge in [0.15, 0.2) is 5.78 Å². The summed E-state index contributed by atoms with van der Waals surface area (Å²) in [4.78, 5) is 13.7. The van der Waals surface area contributed by atoms with Gasteiger partial charge in [0.1, 0.15) is 0 Å². The standard InChI is InChI=1S/C10H12OS/c1-7-2-5-10(12-7)9(11)6-8-3-4-8/h2,5,8H,3-4,6H2,1H3. The number of aryl methyl sites for hydroxylation is 1. The highest BCUT2D eigenvalue weighted by molar-refractivity contribution is 7.14. The third-order valence-electron chi connectivity index (χ3n) is 2.19. The average molecular weight is 180 g/mol. The van der Waals surface area contributed by atoms with Gasteiger partial charge in [0, 0.05) is 11.3 Å². The molecular weight excluding hydrogens is 168 g/mol. The van der Waals surface area contributed by atoms with Crippen LogP contribution in [0, 0.1) is 12.8 Å². The monoisotopic (exact) mass is 180 g/mol. The SMILES string of the molecule is Cc1ccc(C(=O)CC2CC2)s1. The molecule has 2 heteroatoms. The van der Waals surface area contributed by atoms with Crippen LogP contribution >= 0.6 is 11.3 Å². The molecule has 0 atom stereocenters. The van der Waals surface area contributed by atoms with Gasteiger partial charge in [0.05, 0.1) is 4.88 Å². The van der Waals surface area contributed by atoms with Crippen LogP contribution in [0.2, 0.25) is 0 Å². The second-order valence-corrected chi connectivity index (χ2v) is 4.77. The predicted octanol–water partition coefficient (Wildman–Crippen LogP) is 3.04. The summed E-state index contributed by atoms with van der Waals surface area (Å²) in [5, 5.41) is 0. The zero-order valence-electron chi connectivity index (χ0n) is 7.17. The summed E-state index contributed by atoms with van der Waals surface area (Å²) in [7, 11) is 0. The molecule has 0 unspecified atom stereocenters. The van der Waals surface area contributed by atoms with E-state index in [9.17, 15) is 4.79 Å². The van der Waals surface area contributed by atoms with E-state index < -0.39 is 0 Å². The van der Waals surface area contributed by atoms with Crippen molar-refractivity contribution in [2.75, 3.05) is 0 Å². The normalized spacial score (nSPS) is 16.4. The van der Waals surface area contributed by atoms with Crippen molar-refractivity contribution in [1.29, 1.82) is 0 Å². The largest absolute Gasteiger partial charge is 0.293 e. The van der Waals surface area contributed by atoms with Crippen LogP contribution < -0.4 is 0 Å². The lowest BCUT2D eigenvalue weighted by Crippen LogP contribution is -1.96. The molecule has 2 rings (SSSR count). The molecule has 1 nitrogen and oxygen atoms in total. The fourth-order valence-electron chi connectivity index (χ4n) is 1.27. The van der Waals surface area contributed by atoms with E-state index in [0.29, 0.717) is 11.7 Å². The Hall–Kier alpha value is -0.630. The molecule has 1 aliphatic carbocycles. The van der Waals surface area contributed by atoms with Crippen molar-refractivity contribution in [2.24, 2.45) is 5.92 Å². The van der Waals surface area contributed by atoms with E-state index in [1.54, 1.807) is 11.3 Å². The van der Waals surface area contributed by atoms with E-state index in [1.807, 2.05) is 19.1 Å². The molecule has 0 spiro atoms. The molecule has 64 valence electrons. The fourth-order valence-corrected chi connectivity index (χ4v) is 2.09. The zero-order chi connectivity index (χ0) is 8.55. The summed E-state index contributed by atoms with van der Waals surface area (Å²) >= 11 is 1.62. The molecule has 1 aliphatic rings. The van der Waals surface area contributed by atoms with Gasteiger partial charge < -0.3 is 0 Å². The topological polar surface area (TPSA) is 17.1 Å². The van der Waals surface area contributed by atoms with Gasteiger partial charge in [-0.25, -0.2) is 0 Å². The maximum atomic E-state index is 11.5. The van der Waals surface area contributed by atoms with Crippen LogP contribution in [0.3, 0.4) is 0 Å². The number of thiophene rings is 1. The first-order valence-electron chi connectivity index (χ1n) is 4.35. The van der Waals surface area contributed by atoms with Crippen molar-refractivity contribution in [3.63, 3.8) is 0 Å². The van der Waals surface area contributed by atoms with E-state index in [4.69, 9.17) is 0 Å². The summed E-state index contributed by atoms with van der Waals surface area (Å²) in [6, 6.07) is 3.97. The molecule has 0 N–H and O–H groups in total. The minimum absolute atomic E-state index is 0.343. The molecule has 0 saturated heterocycles. The van der Waals surface area contributed by atoms with Crippen molar-refractivity contribution in [3.8, 4) is 0 Å². The summed E-state index contributed by atoms with van der Waals surface area (Å²) in [6.45, 7) is 2.04. The maximum absolute atomic E-state index is 11.5. The third kappa shape index (κ3) is 1.75. The van der Waals surface area contributed by atoms with Crippen molar-refractivity contribution in [1.82, 2.24) is 0 Å². The van der Waals surface area contributed by atoms with E-state index >= 15 is 0 Å². The van der Waals surface area contributed by atoms with E-state index in [2.05, 4.69) is 0 Å². The molecule has 1 fully saturated rings. The molecule has 1 heterocycles. The number of hydrogen-bond donors (Lipinski definition) is 0. The van der Waals surface area contributed by atoms with Gasteiger partial charge in [0.25, 0.3) is 0 Å². The predicted molar refractivity (Wildman–Crippen MR) is 50.7 cm³/mol. The van der Waals surface area contributed by atoms with Gasteiger partial charge in [-0.2, -0.15) is 0 Å². The number of ketones is 1. The van der Waals surface area contributed by atoms with Gasteiger partial charge in [-0.05, 0) is 37.8 Å². The molecule has 1 aromatic rings. The average Bonchev–Trinajstić information content (AvgIpc) is 2.72. The molecule has 0 bridgehead atoms. The van der Waals surface area contributed by atoms with Gasteiger partial charge >= 0.3 is 0 Å². The Morgan fingerprint density at radius 1 is 1.58 bits per heavy atom. The second-order valence-electron chi connectivity index (χ2n) is 3.48. The molecular formula is C10H12OS. The highest BCUT2D eigenvalue weighted by atomic mass is 32.1. The molecule has 0 aliphatic heterocycles. The van der Waals surface area contributed by atoms with Gasteiger partial charge in [0.2, 0.25) is 0 Å². The number of rotatable bonds is 3. The number of carbonyl (C=O) groups is 1. The van der Waals surface area contributed by atoms with Crippen molar-refractivity contribution < 1.29 is 4.79 Å². The molecule has 1 saturated carbocycles. The fraction of sp³-hybridized carbons (Fsp3) is 0.500. The van der Waals surface area contributed by atoms with Crippen LogP contribution in [0.25, 0.3) is 0 Å². The lowest BCUT2D eigenvalue weighted by Gasteiger charge is -1.92. The number of Topliss-reactive ketones (excluding diaryl/α,β-unsaturated/α-hetero) is 1. The maximum Gasteiger partial charge on any atom is 0.173 e. The Bertz CT molecular complexity index is 297. The highest BCUT2D eigenvalue weighted by Gasteiger charge is 2.25. The van der Waals surface area contributed by atoms with Crippen LogP contribution in [0.15, 0.2) is 12.1 Å². The third-order valence-corrected chi connectivity index (χ3v) is 3.23. The highest BCUT2D eigenvalue weighted by Crippen LogP contribution is 2.34. The summed E-state index contributed by atoms with van der Waals surface area (Å²) in [6.07, 6.45) is 3.30. The van der Waals surface area contributed by atoms with Gasteiger partial charge in [-0.3, -0.25) is 4.79 Å². The Kier molecular flexibility index (Phi) is 2.01. The van der Waals surface area contributed by atoms with Crippen molar-refractivity contribution >= 4 is 17.1 Å². The summed E-state index contributed by atoms with van der Waals surface area (Å²) < 4.78 is 0. The van der Waals surface area contributed by atoms with Gasteiger partial charge in [-0.15, -0.1) is 11.3 Å². The first-order valence-corrected chi connectivity index (χ1v) is 5.17. The Balaban J connectivity index is 2.03. The Morgan fingerprint density at radius 3 is 2.83 bits per heavy atom. The number of carbonyl (C=O) groups excluding carboxylic acids is 1. The molecule has 1 aromatic heterocycles. The first kappa shape index (κ1) is 7.99. The van der Waals surface area contributed by atoms with Crippen LogP contribution in [0.5, 0.6) is 0 Å². The minimum Gasteiger partial charge on any atom is -0.293 e. The van der Waals surface area contributed by atoms with Crippen LogP contribution in [0.4, 0.5) is 0 Å². The lowest BCUT2D eigenvalue weighted by molar-refractivity contribution is 0.0980. The Labute approximate surface area is 76.4 Å². The first-order chi connectivity index (χ1) is 5.75. The molecule has 12 heavy (non-hydrogen) atoms. The van der Waals surface area contributed by atoms with E-state index in [0.717, 1.165) is 11.3 Å². The zero-order valence-corrected chi connectivity index (χ0v) is 7.99. The summed E-state index contributed by atoms with van der Waals surface area (Å²) in [5.41, 5.74) is 0.